The Kier molecular flexibility index (Phi) is 27.8. The summed E-state index contributed by atoms with van der Waals surface area (Å²) < 4.78 is 0. The molecule has 4 N–H and O–H groups in total. The van der Waals surface area contributed by atoms with Crippen molar-refractivity contribution >= 4 is 0 Å². The van der Waals surface area contributed by atoms with Crippen LogP contribution in [-0.4, -0.2) is 46.9 Å². The van der Waals surface area contributed by atoms with Gasteiger partial charge in [-0.25, -0.2) is 0 Å². The predicted octanol–water partition coefficient (Wildman–Crippen LogP) is 5.07. The lowest BCUT2D eigenvalue weighted by molar-refractivity contribution is 0.166. The molecule has 0 unspecified atom stereocenters. The molecule has 166 valence electrons. The van der Waals surface area contributed by atoms with Gasteiger partial charge in [0, 0.05) is 26.4 Å². The van der Waals surface area contributed by atoms with Crippen LogP contribution in [0.4, 0.5) is 0 Å². The predicted molar refractivity (Wildman–Crippen MR) is 116 cm³/mol. The largest absolute Gasteiger partial charge is 0.396 e. The molecule has 1 aliphatic carbocycles. The van der Waals surface area contributed by atoms with E-state index in [1.165, 1.54) is 57.8 Å². The SMILES string of the molecule is CCC1CCC(CO)CC1.CCCCCCCO.OCCCCCCCO. The quantitative estimate of drug-likeness (QED) is 0.331. The van der Waals surface area contributed by atoms with Crippen LogP contribution < -0.4 is 0 Å². The number of rotatable bonds is 13. The van der Waals surface area contributed by atoms with Crippen molar-refractivity contribution in [3.05, 3.63) is 0 Å². The third-order valence-electron chi connectivity index (χ3n) is 5.38. The molecule has 0 atom stereocenters. The fraction of sp³-hybridized carbons (Fsp3) is 1.00. The second-order valence-electron chi connectivity index (χ2n) is 7.83. The number of aliphatic hydroxyl groups is 4. The fourth-order valence-electron chi connectivity index (χ4n) is 3.29. The summed E-state index contributed by atoms with van der Waals surface area (Å²) in [6.45, 7) is 5.85. The Labute approximate surface area is 169 Å². The van der Waals surface area contributed by atoms with Gasteiger partial charge < -0.3 is 20.4 Å². The van der Waals surface area contributed by atoms with Crippen molar-refractivity contribution in [3.8, 4) is 0 Å². The van der Waals surface area contributed by atoms with Crippen LogP contribution in [0, 0.1) is 11.8 Å². The maximum atomic E-state index is 8.85. The first-order valence-electron chi connectivity index (χ1n) is 11.6. The zero-order chi connectivity index (χ0) is 20.6. The second-order valence-corrected chi connectivity index (χ2v) is 7.83. The van der Waals surface area contributed by atoms with Gasteiger partial charge in [0.1, 0.15) is 0 Å². The average molecular weight is 391 g/mol. The zero-order valence-electron chi connectivity index (χ0n) is 18.4. The first-order valence-corrected chi connectivity index (χ1v) is 11.6. The molecule has 0 bridgehead atoms. The molecule has 0 amide bonds. The van der Waals surface area contributed by atoms with Gasteiger partial charge in [-0.2, -0.15) is 0 Å². The summed E-state index contributed by atoms with van der Waals surface area (Å²) in [6, 6.07) is 0. The minimum atomic E-state index is 0.305. The zero-order valence-corrected chi connectivity index (χ0v) is 18.4. The Balaban J connectivity index is 0. The second kappa shape index (κ2) is 25.8. The minimum Gasteiger partial charge on any atom is -0.396 e. The van der Waals surface area contributed by atoms with E-state index < -0.39 is 0 Å². The summed E-state index contributed by atoms with van der Waals surface area (Å²) in [5, 5.41) is 34.0. The van der Waals surface area contributed by atoms with Gasteiger partial charge in [-0.05, 0) is 43.9 Å². The molecule has 0 spiro atoms. The third-order valence-corrected chi connectivity index (χ3v) is 5.38. The Morgan fingerprint density at radius 1 is 0.519 bits per heavy atom. The van der Waals surface area contributed by atoms with Crippen LogP contribution in [0.1, 0.15) is 110 Å². The van der Waals surface area contributed by atoms with Crippen molar-refractivity contribution in [2.24, 2.45) is 11.8 Å². The summed E-state index contributed by atoms with van der Waals surface area (Å²) >= 11 is 0. The van der Waals surface area contributed by atoms with Gasteiger partial charge in [-0.1, -0.05) is 78.1 Å². The average Bonchev–Trinajstić information content (AvgIpc) is 2.72. The molecule has 0 aromatic rings. The maximum absolute atomic E-state index is 8.85. The van der Waals surface area contributed by atoms with Crippen LogP contribution >= 0.6 is 0 Å². The Morgan fingerprint density at radius 3 is 1.22 bits per heavy atom. The van der Waals surface area contributed by atoms with Crippen molar-refractivity contribution in [1.29, 1.82) is 0 Å². The molecule has 0 radical (unpaired) electrons. The number of unbranched alkanes of at least 4 members (excludes halogenated alkanes) is 8. The van der Waals surface area contributed by atoms with Crippen LogP contribution in [0.3, 0.4) is 0 Å². The Bertz CT molecular complexity index is 217. The molecule has 0 saturated heterocycles. The van der Waals surface area contributed by atoms with Crippen molar-refractivity contribution in [2.45, 2.75) is 110 Å². The third kappa shape index (κ3) is 23.8. The molecule has 1 fully saturated rings. The van der Waals surface area contributed by atoms with Gasteiger partial charge in [0.25, 0.3) is 0 Å². The van der Waals surface area contributed by atoms with Crippen molar-refractivity contribution in [2.75, 3.05) is 26.4 Å². The van der Waals surface area contributed by atoms with Crippen LogP contribution in [0.2, 0.25) is 0 Å². The lowest BCUT2D eigenvalue weighted by Crippen LogP contribution is -2.16. The minimum absolute atomic E-state index is 0.305. The van der Waals surface area contributed by atoms with E-state index in [4.69, 9.17) is 20.4 Å². The lowest BCUT2D eigenvalue weighted by atomic mass is 9.81. The number of hydrogen-bond donors (Lipinski definition) is 4. The van der Waals surface area contributed by atoms with Crippen molar-refractivity contribution in [3.63, 3.8) is 0 Å². The highest BCUT2D eigenvalue weighted by molar-refractivity contribution is 4.70. The monoisotopic (exact) mass is 390 g/mol. The van der Waals surface area contributed by atoms with E-state index in [1.54, 1.807) is 0 Å². The van der Waals surface area contributed by atoms with Gasteiger partial charge in [-0.15, -0.1) is 0 Å². The normalized spacial score (nSPS) is 18.9. The summed E-state index contributed by atoms with van der Waals surface area (Å²) in [5.41, 5.74) is 0. The number of aliphatic hydroxyl groups excluding tert-OH is 4. The molecule has 1 saturated carbocycles. The van der Waals surface area contributed by atoms with E-state index in [9.17, 15) is 0 Å². The number of hydrogen-bond acceptors (Lipinski definition) is 4. The summed E-state index contributed by atoms with van der Waals surface area (Å²) in [4.78, 5) is 0. The van der Waals surface area contributed by atoms with Crippen molar-refractivity contribution in [1.82, 2.24) is 0 Å². The van der Waals surface area contributed by atoms with Crippen LogP contribution in [0.5, 0.6) is 0 Å². The summed E-state index contributed by atoms with van der Waals surface area (Å²) in [6.07, 6.45) is 17.8. The van der Waals surface area contributed by atoms with Gasteiger partial charge in [0.05, 0.1) is 0 Å². The topological polar surface area (TPSA) is 80.9 Å². The first-order chi connectivity index (χ1) is 13.2. The van der Waals surface area contributed by atoms with Crippen molar-refractivity contribution < 1.29 is 20.4 Å². The van der Waals surface area contributed by atoms with E-state index in [0.29, 0.717) is 32.3 Å². The lowest BCUT2D eigenvalue weighted by Gasteiger charge is -2.26. The van der Waals surface area contributed by atoms with E-state index >= 15 is 0 Å². The molecule has 4 nitrogen and oxygen atoms in total. The highest BCUT2D eigenvalue weighted by Gasteiger charge is 2.18. The summed E-state index contributed by atoms with van der Waals surface area (Å²) in [5.74, 6) is 1.59. The van der Waals surface area contributed by atoms with Crippen LogP contribution in [0.15, 0.2) is 0 Å². The van der Waals surface area contributed by atoms with Gasteiger partial charge >= 0.3 is 0 Å². The van der Waals surface area contributed by atoms with Crippen LogP contribution in [0.25, 0.3) is 0 Å². The molecule has 27 heavy (non-hydrogen) atoms. The molecule has 1 aliphatic rings. The maximum Gasteiger partial charge on any atom is 0.0459 e. The van der Waals surface area contributed by atoms with Crippen LogP contribution in [-0.2, 0) is 0 Å². The highest BCUT2D eigenvalue weighted by Crippen LogP contribution is 2.29. The molecule has 0 aromatic heterocycles. The fourth-order valence-corrected chi connectivity index (χ4v) is 3.29. The highest BCUT2D eigenvalue weighted by atomic mass is 16.3. The summed E-state index contributed by atoms with van der Waals surface area (Å²) in [7, 11) is 0. The standard InChI is InChI=1S/C9H18O.C7H16O2.C7H16O/c1-2-8-3-5-9(7-10)6-4-8;8-6-4-2-1-3-5-7-9;1-2-3-4-5-6-7-8/h8-10H,2-7H2,1H3;8-9H,1-7H2;8H,2-7H2,1H3. The van der Waals surface area contributed by atoms with Gasteiger partial charge in [-0.3, -0.25) is 0 Å². The Morgan fingerprint density at radius 2 is 0.889 bits per heavy atom. The Hall–Kier alpha value is -0.160. The molecule has 0 aromatic carbocycles. The first kappa shape index (κ1) is 29.0. The van der Waals surface area contributed by atoms with E-state index in [-0.39, 0.29) is 0 Å². The van der Waals surface area contributed by atoms with Gasteiger partial charge in [0.2, 0.25) is 0 Å². The molecule has 0 aliphatic heterocycles. The molecular weight excluding hydrogens is 340 g/mol. The van der Waals surface area contributed by atoms with E-state index in [2.05, 4.69) is 13.8 Å². The molecule has 4 heteroatoms. The van der Waals surface area contributed by atoms with Gasteiger partial charge in [0.15, 0.2) is 0 Å². The molecular formula is C23H50O4. The smallest absolute Gasteiger partial charge is 0.0459 e. The molecule has 1 rings (SSSR count). The van der Waals surface area contributed by atoms with E-state index in [0.717, 1.165) is 44.4 Å². The van der Waals surface area contributed by atoms with E-state index in [1.807, 2.05) is 0 Å². The molecule has 0 heterocycles.